The van der Waals surface area contributed by atoms with E-state index in [1.54, 1.807) is 0 Å². The van der Waals surface area contributed by atoms with Crippen molar-refractivity contribution in [3.05, 3.63) is 58.6 Å². The van der Waals surface area contributed by atoms with E-state index in [4.69, 9.17) is 16.3 Å². The highest BCUT2D eigenvalue weighted by molar-refractivity contribution is 6.30. The molecule has 2 aromatic rings. The summed E-state index contributed by atoms with van der Waals surface area (Å²) in [5.74, 6) is 1.49. The number of rotatable bonds is 6. The fourth-order valence-corrected chi connectivity index (χ4v) is 2.18. The van der Waals surface area contributed by atoms with E-state index < -0.39 is 0 Å². The maximum absolute atomic E-state index is 5.88. The highest BCUT2D eigenvalue weighted by Gasteiger charge is 2.04. The number of halogens is 1. The predicted molar refractivity (Wildman–Crippen MR) is 90.7 cm³/mol. The highest BCUT2D eigenvalue weighted by Crippen LogP contribution is 2.24. The SMILES string of the molecule is Cc1ccc(C(C)C)cc1OCCNc1ccc(Cl)cc1. The second-order valence-electron chi connectivity index (χ2n) is 5.46. The summed E-state index contributed by atoms with van der Waals surface area (Å²) in [7, 11) is 0. The third kappa shape index (κ3) is 4.68. The first kappa shape index (κ1) is 15.7. The number of hydrogen-bond acceptors (Lipinski definition) is 2. The highest BCUT2D eigenvalue weighted by atomic mass is 35.5. The molecule has 0 fully saturated rings. The van der Waals surface area contributed by atoms with Gasteiger partial charge in [-0.05, 0) is 54.3 Å². The minimum Gasteiger partial charge on any atom is -0.491 e. The van der Waals surface area contributed by atoms with Crippen molar-refractivity contribution in [2.24, 2.45) is 0 Å². The summed E-state index contributed by atoms with van der Waals surface area (Å²) in [6, 6.07) is 14.1. The zero-order valence-corrected chi connectivity index (χ0v) is 13.6. The number of ether oxygens (including phenoxy) is 1. The van der Waals surface area contributed by atoms with Gasteiger partial charge in [-0.1, -0.05) is 37.6 Å². The van der Waals surface area contributed by atoms with E-state index in [0.717, 1.165) is 23.0 Å². The maximum Gasteiger partial charge on any atom is 0.122 e. The van der Waals surface area contributed by atoms with E-state index in [9.17, 15) is 0 Å². The molecule has 0 bridgehead atoms. The lowest BCUT2D eigenvalue weighted by Gasteiger charge is -2.13. The topological polar surface area (TPSA) is 21.3 Å². The Labute approximate surface area is 132 Å². The Hall–Kier alpha value is -1.67. The Balaban J connectivity index is 1.85. The molecular formula is C18H22ClNO. The van der Waals surface area contributed by atoms with Crippen molar-refractivity contribution in [2.75, 3.05) is 18.5 Å². The third-order valence-electron chi connectivity index (χ3n) is 3.41. The van der Waals surface area contributed by atoms with Crippen molar-refractivity contribution < 1.29 is 4.74 Å². The predicted octanol–water partition coefficient (Wildman–Crippen LogP) is 5.26. The second kappa shape index (κ2) is 7.37. The van der Waals surface area contributed by atoms with Gasteiger partial charge in [0.15, 0.2) is 0 Å². The molecule has 0 heterocycles. The van der Waals surface area contributed by atoms with Crippen molar-refractivity contribution in [2.45, 2.75) is 26.7 Å². The van der Waals surface area contributed by atoms with Crippen LogP contribution in [0.1, 0.15) is 30.9 Å². The molecule has 2 rings (SSSR count). The molecule has 0 amide bonds. The van der Waals surface area contributed by atoms with Crippen LogP contribution in [-0.4, -0.2) is 13.2 Å². The molecule has 0 aliphatic heterocycles. The van der Waals surface area contributed by atoms with Gasteiger partial charge < -0.3 is 10.1 Å². The second-order valence-corrected chi connectivity index (χ2v) is 5.90. The van der Waals surface area contributed by atoms with Gasteiger partial charge in [-0.15, -0.1) is 0 Å². The number of aryl methyl sites for hydroxylation is 1. The molecule has 0 saturated carbocycles. The fraction of sp³-hybridized carbons (Fsp3) is 0.333. The maximum atomic E-state index is 5.88. The molecule has 0 aliphatic carbocycles. The lowest BCUT2D eigenvalue weighted by atomic mass is 10.0. The molecule has 112 valence electrons. The monoisotopic (exact) mass is 303 g/mol. The Morgan fingerprint density at radius 1 is 1.10 bits per heavy atom. The van der Waals surface area contributed by atoms with Gasteiger partial charge >= 0.3 is 0 Å². The van der Waals surface area contributed by atoms with Crippen molar-refractivity contribution in [3.63, 3.8) is 0 Å². The first-order valence-electron chi connectivity index (χ1n) is 7.29. The van der Waals surface area contributed by atoms with Crippen LogP contribution in [0.3, 0.4) is 0 Å². The van der Waals surface area contributed by atoms with Crippen LogP contribution in [-0.2, 0) is 0 Å². The molecule has 2 nitrogen and oxygen atoms in total. The zero-order valence-electron chi connectivity index (χ0n) is 12.8. The van der Waals surface area contributed by atoms with Gasteiger partial charge in [0.05, 0.1) is 0 Å². The number of anilines is 1. The summed E-state index contributed by atoms with van der Waals surface area (Å²) in [4.78, 5) is 0. The summed E-state index contributed by atoms with van der Waals surface area (Å²) in [6.45, 7) is 7.84. The average molecular weight is 304 g/mol. The van der Waals surface area contributed by atoms with E-state index in [0.29, 0.717) is 12.5 Å². The van der Waals surface area contributed by atoms with Gasteiger partial charge in [-0.3, -0.25) is 0 Å². The smallest absolute Gasteiger partial charge is 0.122 e. The minimum atomic E-state index is 0.514. The molecule has 0 aliphatic rings. The van der Waals surface area contributed by atoms with E-state index in [-0.39, 0.29) is 0 Å². The van der Waals surface area contributed by atoms with Gasteiger partial charge in [0.2, 0.25) is 0 Å². The van der Waals surface area contributed by atoms with Crippen LogP contribution in [0.15, 0.2) is 42.5 Å². The zero-order chi connectivity index (χ0) is 15.2. The van der Waals surface area contributed by atoms with Gasteiger partial charge in [0.1, 0.15) is 12.4 Å². The van der Waals surface area contributed by atoms with Gasteiger partial charge in [0.25, 0.3) is 0 Å². The summed E-state index contributed by atoms with van der Waals surface area (Å²) >= 11 is 5.86. The third-order valence-corrected chi connectivity index (χ3v) is 3.66. The van der Waals surface area contributed by atoms with Crippen LogP contribution in [0.25, 0.3) is 0 Å². The standard InChI is InChI=1S/C18H22ClNO/c1-13(2)15-5-4-14(3)18(12-15)21-11-10-20-17-8-6-16(19)7-9-17/h4-9,12-13,20H,10-11H2,1-3H3. The summed E-state index contributed by atoms with van der Waals surface area (Å²) in [5.41, 5.74) is 3.53. The number of benzene rings is 2. The molecule has 3 heteroatoms. The van der Waals surface area contributed by atoms with E-state index in [1.807, 2.05) is 24.3 Å². The molecule has 21 heavy (non-hydrogen) atoms. The quantitative estimate of drug-likeness (QED) is 0.735. The summed E-state index contributed by atoms with van der Waals surface area (Å²) in [5, 5.41) is 4.06. The average Bonchev–Trinajstić information content (AvgIpc) is 2.47. The van der Waals surface area contributed by atoms with E-state index >= 15 is 0 Å². The Kier molecular flexibility index (Phi) is 5.51. The molecule has 0 atom stereocenters. The lowest BCUT2D eigenvalue weighted by Crippen LogP contribution is -2.12. The van der Waals surface area contributed by atoms with Crippen molar-refractivity contribution >= 4 is 17.3 Å². The number of hydrogen-bond donors (Lipinski definition) is 1. The Morgan fingerprint density at radius 3 is 2.48 bits per heavy atom. The molecular weight excluding hydrogens is 282 g/mol. The van der Waals surface area contributed by atoms with Gasteiger partial charge in [-0.25, -0.2) is 0 Å². The first-order chi connectivity index (χ1) is 10.1. The van der Waals surface area contributed by atoms with Crippen LogP contribution in [0.2, 0.25) is 5.02 Å². The lowest BCUT2D eigenvalue weighted by molar-refractivity contribution is 0.330. The van der Waals surface area contributed by atoms with Crippen molar-refractivity contribution in [1.29, 1.82) is 0 Å². The molecule has 1 N–H and O–H groups in total. The molecule has 0 radical (unpaired) electrons. The summed E-state index contributed by atoms with van der Waals surface area (Å²) in [6.07, 6.45) is 0. The molecule has 0 spiro atoms. The van der Waals surface area contributed by atoms with Gasteiger partial charge in [0, 0.05) is 17.3 Å². The minimum absolute atomic E-state index is 0.514. The van der Waals surface area contributed by atoms with Crippen LogP contribution < -0.4 is 10.1 Å². The van der Waals surface area contributed by atoms with Gasteiger partial charge in [-0.2, -0.15) is 0 Å². The van der Waals surface area contributed by atoms with Crippen LogP contribution >= 0.6 is 11.6 Å². The van der Waals surface area contributed by atoms with Crippen LogP contribution in [0.4, 0.5) is 5.69 Å². The fourth-order valence-electron chi connectivity index (χ4n) is 2.06. The first-order valence-corrected chi connectivity index (χ1v) is 7.67. The molecule has 0 aromatic heterocycles. The summed E-state index contributed by atoms with van der Waals surface area (Å²) < 4.78 is 5.88. The Bertz CT molecular complexity index is 578. The largest absolute Gasteiger partial charge is 0.491 e. The number of nitrogens with one attached hydrogen (secondary N) is 1. The van der Waals surface area contributed by atoms with Crippen molar-refractivity contribution in [1.82, 2.24) is 0 Å². The van der Waals surface area contributed by atoms with Crippen molar-refractivity contribution in [3.8, 4) is 5.75 Å². The molecule has 0 saturated heterocycles. The molecule has 2 aromatic carbocycles. The molecule has 0 unspecified atom stereocenters. The normalized spacial score (nSPS) is 10.7. The van der Waals surface area contributed by atoms with Crippen LogP contribution in [0.5, 0.6) is 5.75 Å². The van der Waals surface area contributed by atoms with E-state index in [2.05, 4.69) is 44.3 Å². The van der Waals surface area contributed by atoms with Crippen LogP contribution in [0, 0.1) is 6.92 Å². The van der Waals surface area contributed by atoms with E-state index in [1.165, 1.54) is 11.1 Å². The Morgan fingerprint density at radius 2 is 1.81 bits per heavy atom.